The molecule has 0 unspecified atom stereocenters. The van der Waals surface area contributed by atoms with E-state index in [1.165, 1.54) is 0 Å². The monoisotopic (exact) mass is 518 g/mol. The number of rotatable bonds is 0. The molecule has 0 bridgehead atoms. The Morgan fingerprint density at radius 2 is 0.455 bits per heavy atom. The SMILES string of the molecule is N#Cc1ccccc1.N#Cc1ccccc1.N#Cc1ccccc1.N#Cc1ccccc1.[Pd]. The van der Waals surface area contributed by atoms with E-state index in [1.807, 2.05) is 97.1 Å². The second-order valence-electron chi connectivity index (χ2n) is 5.91. The molecule has 0 saturated carbocycles. The van der Waals surface area contributed by atoms with Crippen LogP contribution >= 0.6 is 0 Å². The summed E-state index contributed by atoms with van der Waals surface area (Å²) in [5, 5.41) is 33.2. The number of hydrogen-bond acceptors (Lipinski definition) is 4. The summed E-state index contributed by atoms with van der Waals surface area (Å²) < 4.78 is 0. The van der Waals surface area contributed by atoms with Gasteiger partial charge < -0.3 is 0 Å². The van der Waals surface area contributed by atoms with Crippen molar-refractivity contribution < 1.29 is 20.4 Å². The molecule has 0 aliphatic carbocycles. The van der Waals surface area contributed by atoms with Crippen LogP contribution in [-0.4, -0.2) is 0 Å². The van der Waals surface area contributed by atoms with Crippen molar-refractivity contribution in [1.82, 2.24) is 0 Å². The van der Waals surface area contributed by atoms with E-state index in [0.717, 1.165) is 0 Å². The summed E-state index contributed by atoms with van der Waals surface area (Å²) in [7, 11) is 0. The minimum Gasteiger partial charge on any atom is -0.192 e. The summed E-state index contributed by atoms with van der Waals surface area (Å²) in [5.74, 6) is 0. The minimum absolute atomic E-state index is 0. The Labute approximate surface area is 208 Å². The van der Waals surface area contributed by atoms with E-state index in [1.54, 1.807) is 48.5 Å². The van der Waals surface area contributed by atoms with Crippen LogP contribution in [0.1, 0.15) is 22.3 Å². The summed E-state index contributed by atoms with van der Waals surface area (Å²) in [6.07, 6.45) is 0. The summed E-state index contributed by atoms with van der Waals surface area (Å²) in [5.41, 5.74) is 2.86. The quantitative estimate of drug-likeness (QED) is 0.258. The Bertz CT molecular complexity index is 986. The van der Waals surface area contributed by atoms with Gasteiger partial charge in [0.05, 0.1) is 46.5 Å². The Morgan fingerprint density at radius 3 is 0.545 bits per heavy atom. The first-order valence-corrected chi connectivity index (χ1v) is 9.54. The van der Waals surface area contributed by atoms with Crippen LogP contribution in [0.25, 0.3) is 0 Å². The van der Waals surface area contributed by atoms with Crippen molar-refractivity contribution in [3.63, 3.8) is 0 Å². The fourth-order valence-corrected chi connectivity index (χ4v) is 2.05. The number of benzene rings is 4. The van der Waals surface area contributed by atoms with Gasteiger partial charge in [0.25, 0.3) is 0 Å². The molecule has 5 heteroatoms. The van der Waals surface area contributed by atoms with Crippen LogP contribution in [0.15, 0.2) is 121 Å². The van der Waals surface area contributed by atoms with Crippen LogP contribution in [0.4, 0.5) is 0 Å². The van der Waals surface area contributed by atoms with Gasteiger partial charge in [-0.15, -0.1) is 0 Å². The van der Waals surface area contributed by atoms with E-state index >= 15 is 0 Å². The molecule has 0 aromatic heterocycles. The maximum atomic E-state index is 8.29. The average Bonchev–Trinajstić information content (AvgIpc) is 2.91. The van der Waals surface area contributed by atoms with Gasteiger partial charge in [0.15, 0.2) is 0 Å². The molecular formula is C28H20N4Pd. The van der Waals surface area contributed by atoms with Crippen molar-refractivity contribution >= 4 is 0 Å². The molecule has 4 aromatic rings. The van der Waals surface area contributed by atoms with E-state index in [0.29, 0.717) is 22.3 Å². The second kappa shape index (κ2) is 19.5. The van der Waals surface area contributed by atoms with Crippen LogP contribution in [0.2, 0.25) is 0 Å². The van der Waals surface area contributed by atoms with E-state index < -0.39 is 0 Å². The van der Waals surface area contributed by atoms with E-state index in [2.05, 4.69) is 0 Å². The van der Waals surface area contributed by atoms with Crippen molar-refractivity contribution in [2.45, 2.75) is 0 Å². The Morgan fingerprint density at radius 1 is 0.303 bits per heavy atom. The third-order valence-corrected chi connectivity index (χ3v) is 3.61. The Balaban J connectivity index is 0.000000410. The van der Waals surface area contributed by atoms with Gasteiger partial charge in [0.1, 0.15) is 0 Å². The molecule has 0 N–H and O–H groups in total. The first kappa shape index (κ1) is 28.5. The normalized spacial score (nSPS) is 7.64. The molecule has 0 radical (unpaired) electrons. The second-order valence-corrected chi connectivity index (χ2v) is 5.91. The molecule has 0 fully saturated rings. The van der Waals surface area contributed by atoms with Gasteiger partial charge in [-0.2, -0.15) is 21.0 Å². The minimum atomic E-state index is 0. The molecule has 0 amide bonds. The average molecular weight is 519 g/mol. The third kappa shape index (κ3) is 14.2. The Hall–Kier alpha value is -4.50. The van der Waals surface area contributed by atoms with Gasteiger partial charge in [-0.25, -0.2) is 0 Å². The molecule has 162 valence electrons. The number of nitrogens with zero attached hydrogens (tertiary/aromatic N) is 4. The predicted molar refractivity (Wildman–Crippen MR) is 125 cm³/mol. The van der Waals surface area contributed by atoms with Crippen molar-refractivity contribution in [3.05, 3.63) is 144 Å². The number of nitriles is 4. The summed E-state index contributed by atoms with van der Waals surface area (Å²) in [6, 6.07) is 44.7. The van der Waals surface area contributed by atoms with Crippen LogP contribution in [-0.2, 0) is 20.4 Å². The van der Waals surface area contributed by atoms with Gasteiger partial charge in [-0.05, 0) is 48.5 Å². The third-order valence-electron chi connectivity index (χ3n) is 3.61. The molecule has 0 aliphatic rings. The van der Waals surface area contributed by atoms with Crippen molar-refractivity contribution in [2.75, 3.05) is 0 Å². The predicted octanol–water partition coefficient (Wildman–Crippen LogP) is 6.23. The van der Waals surface area contributed by atoms with Gasteiger partial charge >= 0.3 is 0 Å². The fraction of sp³-hybridized carbons (Fsp3) is 0. The van der Waals surface area contributed by atoms with E-state index in [9.17, 15) is 0 Å². The van der Waals surface area contributed by atoms with E-state index in [4.69, 9.17) is 21.0 Å². The van der Waals surface area contributed by atoms with Crippen molar-refractivity contribution in [1.29, 1.82) is 21.0 Å². The molecule has 0 heterocycles. The standard InChI is InChI=1S/4C7H5N.Pd/c4*8-6-7-4-2-1-3-5-7;/h4*1-5H;. The maximum absolute atomic E-state index is 8.29. The first-order chi connectivity index (χ1) is 15.7. The molecule has 4 rings (SSSR count). The molecule has 0 saturated heterocycles. The largest absolute Gasteiger partial charge is 0.192 e. The smallest absolute Gasteiger partial charge is 0.0991 e. The van der Waals surface area contributed by atoms with Gasteiger partial charge in [0, 0.05) is 20.4 Å². The van der Waals surface area contributed by atoms with Gasteiger partial charge in [-0.1, -0.05) is 72.8 Å². The molecule has 4 aromatic carbocycles. The van der Waals surface area contributed by atoms with Crippen LogP contribution in [0.3, 0.4) is 0 Å². The van der Waals surface area contributed by atoms with E-state index in [-0.39, 0.29) is 20.4 Å². The first-order valence-electron chi connectivity index (χ1n) is 9.54. The molecule has 33 heavy (non-hydrogen) atoms. The summed E-state index contributed by atoms with van der Waals surface area (Å²) >= 11 is 0. The summed E-state index contributed by atoms with van der Waals surface area (Å²) in [4.78, 5) is 0. The van der Waals surface area contributed by atoms with Crippen LogP contribution in [0.5, 0.6) is 0 Å². The molecule has 0 spiro atoms. The number of hydrogen-bond donors (Lipinski definition) is 0. The zero-order valence-corrected chi connectivity index (χ0v) is 19.2. The summed E-state index contributed by atoms with van der Waals surface area (Å²) in [6.45, 7) is 0. The van der Waals surface area contributed by atoms with Gasteiger partial charge in [-0.3, -0.25) is 0 Å². The molecule has 4 nitrogen and oxygen atoms in total. The topological polar surface area (TPSA) is 95.2 Å². The van der Waals surface area contributed by atoms with Crippen LogP contribution in [0, 0.1) is 45.3 Å². The van der Waals surface area contributed by atoms with Gasteiger partial charge in [0.2, 0.25) is 0 Å². The zero-order valence-electron chi connectivity index (χ0n) is 17.7. The van der Waals surface area contributed by atoms with Crippen molar-refractivity contribution in [3.8, 4) is 24.3 Å². The maximum Gasteiger partial charge on any atom is 0.0991 e. The van der Waals surface area contributed by atoms with Crippen LogP contribution < -0.4 is 0 Å². The molecular weight excluding hydrogens is 499 g/mol. The fourth-order valence-electron chi connectivity index (χ4n) is 2.05. The zero-order chi connectivity index (χ0) is 23.3. The molecule has 0 atom stereocenters. The Kier molecular flexibility index (Phi) is 16.8. The van der Waals surface area contributed by atoms with Crippen molar-refractivity contribution in [2.24, 2.45) is 0 Å². The molecule has 0 aliphatic heterocycles.